The fourth-order valence-corrected chi connectivity index (χ4v) is 4.05. The molecule has 0 spiro atoms. The van der Waals surface area contributed by atoms with Crippen molar-refractivity contribution in [2.24, 2.45) is 11.3 Å². The lowest BCUT2D eigenvalue weighted by atomic mass is 9.68. The lowest BCUT2D eigenvalue weighted by Crippen LogP contribution is -2.51. The molecule has 3 aliphatic rings. The summed E-state index contributed by atoms with van der Waals surface area (Å²) in [7, 11) is 0. The van der Waals surface area contributed by atoms with E-state index < -0.39 is 0 Å². The van der Waals surface area contributed by atoms with Gasteiger partial charge in [-0.3, -0.25) is 4.90 Å². The van der Waals surface area contributed by atoms with E-state index in [1.54, 1.807) is 0 Å². The van der Waals surface area contributed by atoms with Gasteiger partial charge in [-0.25, -0.2) is 0 Å². The highest BCUT2D eigenvalue weighted by Crippen LogP contribution is 2.63. The number of nitrogens with zero attached hydrogens (tertiary/aromatic N) is 1. The van der Waals surface area contributed by atoms with Crippen molar-refractivity contribution in [3.05, 3.63) is 12.2 Å². The zero-order valence-corrected chi connectivity index (χ0v) is 9.64. The predicted molar refractivity (Wildman–Crippen MR) is 59.2 cm³/mol. The maximum absolute atomic E-state index is 4.35. The van der Waals surface area contributed by atoms with Gasteiger partial charge in [-0.2, -0.15) is 0 Å². The maximum atomic E-state index is 4.35. The molecule has 0 aromatic carbocycles. The highest BCUT2D eigenvalue weighted by atomic mass is 15.3. The van der Waals surface area contributed by atoms with Crippen molar-refractivity contribution in [3.63, 3.8) is 0 Å². The van der Waals surface area contributed by atoms with Gasteiger partial charge in [0.15, 0.2) is 0 Å². The molecule has 1 heteroatoms. The molecule has 3 rings (SSSR count). The normalized spacial score (nSPS) is 46.6. The molecule has 14 heavy (non-hydrogen) atoms. The Morgan fingerprint density at radius 1 is 1.43 bits per heavy atom. The van der Waals surface area contributed by atoms with Gasteiger partial charge in [0.2, 0.25) is 0 Å². The van der Waals surface area contributed by atoms with Crippen molar-refractivity contribution < 1.29 is 0 Å². The number of hydrogen-bond donors (Lipinski definition) is 0. The van der Waals surface area contributed by atoms with Crippen LogP contribution in [0.5, 0.6) is 0 Å². The summed E-state index contributed by atoms with van der Waals surface area (Å²) in [6.07, 6.45) is 4.09. The fraction of sp³-hybridized carbons (Fsp3) is 0.846. The first kappa shape index (κ1) is 8.96. The quantitative estimate of drug-likeness (QED) is 0.532. The Balaban J connectivity index is 2.06. The van der Waals surface area contributed by atoms with Crippen LogP contribution in [0.3, 0.4) is 0 Å². The highest BCUT2D eigenvalue weighted by Gasteiger charge is 2.66. The average molecular weight is 191 g/mol. The van der Waals surface area contributed by atoms with Crippen molar-refractivity contribution in [2.75, 3.05) is 6.54 Å². The van der Waals surface area contributed by atoms with Gasteiger partial charge in [-0.15, -0.1) is 0 Å². The molecule has 1 saturated carbocycles. The van der Waals surface area contributed by atoms with Crippen LogP contribution in [0.25, 0.3) is 0 Å². The fourth-order valence-electron chi connectivity index (χ4n) is 4.05. The minimum absolute atomic E-state index is 0.362. The SMILES string of the molecule is C=C1CCN2[C@H]3C[C@H]3CC12C(C)(C)C. The third kappa shape index (κ3) is 0.809. The minimum atomic E-state index is 0.362. The summed E-state index contributed by atoms with van der Waals surface area (Å²) in [4.78, 5) is 2.78. The van der Waals surface area contributed by atoms with E-state index in [4.69, 9.17) is 0 Å². The first-order valence-electron chi connectivity index (χ1n) is 5.92. The molecule has 0 bridgehead atoms. The van der Waals surface area contributed by atoms with Gasteiger partial charge in [0.25, 0.3) is 0 Å². The van der Waals surface area contributed by atoms with E-state index in [9.17, 15) is 0 Å². The molecule has 0 aromatic rings. The van der Waals surface area contributed by atoms with Crippen molar-refractivity contribution in [2.45, 2.75) is 51.6 Å². The third-order valence-corrected chi connectivity index (χ3v) is 4.81. The van der Waals surface area contributed by atoms with Gasteiger partial charge in [-0.1, -0.05) is 32.9 Å². The summed E-state index contributed by atoms with van der Waals surface area (Å²) in [6.45, 7) is 12.8. The van der Waals surface area contributed by atoms with Gasteiger partial charge in [0, 0.05) is 18.1 Å². The average Bonchev–Trinajstić information content (AvgIpc) is 2.60. The van der Waals surface area contributed by atoms with E-state index in [2.05, 4.69) is 32.3 Å². The summed E-state index contributed by atoms with van der Waals surface area (Å²) < 4.78 is 0. The van der Waals surface area contributed by atoms with Crippen LogP contribution in [-0.4, -0.2) is 23.0 Å². The Morgan fingerprint density at radius 3 is 2.71 bits per heavy atom. The Hall–Kier alpha value is -0.300. The van der Waals surface area contributed by atoms with Crippen LogP contribution in [0.2, 0.25) is 0 Å². The van der Waals surface area contributed by atoms with Gasteiger partial charge >= 0.3 is 0 Å². The Morgan fingerprint density at radius 2 is 2.14 bits per heavy atom. The molecule has 2 saturated heterocycles. The molecule has 3 atom stereocenters. The molecule has 1 nitrogen and oxygen atoms in total. The van der Waals surface area contributed by atoms with Gasteiger partial charge < -0.3 is 0 Å². The van der Waals surface area contributed by atoms with Gasteiger partial charge in [0.05, 0.1) is 0 Å². The molecule has 2 heterocycles. The molecule has 1 aliphatic carbocycles. The standard InChI is InChI=1S/C13H21N/c1-9-5-6-14-11-7-10(11)8-13(9,14)12(2,3)4/h10-11H,1,5-8H2,2-4H3/t10-,11-,13?/m0/s1. The van der Waals surface area contributed by atoms with Crippen molar-refractivity contribution in [3.8, 4) is 0 Å². The first-order valence-corrected chi connectivity index (χ1v) is 5.92. The molecule has 1 unspecified atom stereocenters. The Bertz CT molecular complexity index is 299. The van der Waals surface area contributed by atoms with Crippen LogP contribution in [0, 0.1) is 11.3 Å². The first-order chi connectivity index (χ1) is 6.47. The minimum Gasteiger partial charge on any atom is -0.290 e. The lowest BCUT2D eigenvalue weighted by molar-refractivity contribution is 0.0697. The van der Waals surface area contributed by atoms with Crippen LogP contribution in [0.4, 0.5) is 0 Å². The van der Waals surface area contributed by atoms with Crippen molar-refractivity contribution in [1.82, 2.24) is 4.90 Å². The van der Waals surface area contributed by atoms with Crippen LogP contribution in [0.1, 0.15) is 40.0 Å². The predicted octanol–water partition coefficient (Wildman–Crippen LogP) is 2.83. The van der Waals surface area contributed by atoms with Crippen LogP contribution in [-0.2, 0) is 0 Å². The van der Waals surface area contributed by atoms with Crippen LogP contribution < -0.4 is 0 Å². The molecular weight excluding hydrogens is 170 g/mol. The van der Waals surface area contributed by atoms with Crippen LogP contribution >= 0.6 is 0 Å². The second kappa shape index (κ2) is 2.27. The molecule has 0 amide bonds. The van der Waals surface area contributed by atoms with E-state index in [1.165, 1.54) is 31.4 Å². The Labute approximate surface area is 87.2 Å². The maximum Gasteiger partial charge on any atom is 0.0473 e. The van der Waals surface area contributed by atoms with E-state index in [0.717, 1.165) is 12.0 Å². The molecule has 0 radical (unpaired) electrons. The summed E-state index contributed by atoms with van der Waals surface area (Å²) in [5.74, 6) is 1.01. The largest absolute Gasteiger partial charge is 0.290 e. The van der Waals surface area contributed by atoms with Gasteiger partial charge in [0.1, 0.15) is 0 Å². The topological polar surface area (TPSA) is 3.24 Å². The summed E-state index contributed by atoms with van der Waals surface area (Å²) in [5.41, 5.74) is 2.24. The monoisotopic (exact) mass is 191 g/mol. The molecule has 0 aromatic heterocycles. The zero-order valence-electron chi connectivity index (χ0n) is 9.64. The highest BCUT2D eigenvalue weighted by molar-refractivity contribution is 5.34. The van der Waals surface area contributed by atoms with E-state index in [0.29, 0.717) is 11.0 Å². The molecule has 0 N–H and O–H groups in total. The second-order valence-corrected chi connectivity index (χ2v) is 6.42. The molecule has 2 aliphatic heterocycles. The van der Waals surface area contributed by atoms with E-state index >= 15 is 0 Å². The number of piperidine rings is 1. The zero-order chi connectivity index (χ0) is 10.1. The van der Waals surface area contributed by atoms with E-state index in [-0.39, 0.29) is 0 Å². The van der Waals surface area contributed by atoms with Gasteiger partial charge in [-0.05, 0) is 30.6 Å². The lowest BCUT2D eigenvalue weighted by Gasteiger charge is -2.46. The third-order valence-electron chi connectivity index (χ3n) is 4.81. The number of fused-ring (bicyclic) bond motifs is 3. The summed E-state index contributed by atoms with van der Waals surface area (Å²) >= 11 is 0. The van der Waals surface area contributed by atoms with E-state index in [1.807, 2.05) is 0 Å². The molecule has 3 fully saturated rings. The second-order valence-electron chi connectivity index (χ2n) is 6.42. The smallest absolute Gasteiger partial charge is 0.0473 e. The van der Waals surface area contributed by atoms with Crippen LogP contribution in [0.15, 0.2) is 12.2 Å². The summed E-state index contributed by atoms with van der Waals surface area (Å²) in [6, 6.07) is 0.925. The Kier molecular flexibility index (Phi) is 1.45. The molecular formula is C13H21N. The number of hydrogen-bond acceptors (Lipinski definition) is 1. The molecule has 78 valence electrons. The van der Waals surface area contributed by atoms with Crippen molar-refractivity contribution in [1.29, 1.82) is 0 Å². The van der Waals surface area contributed by atoms with Crippen molar-refractivity contribution >= 4 is 0 Å². The number of rotatable bonds is 0. The summed E-state index contributed by atoms with van der Waals surface area (Å²) in [5, 5.41) is 0.